The number of Topliss-reactive ketones (excluding diaryl/α,β-unsaturated/α-hetero) is 1. The Bertz CT molecular complexity index is 535. The minimum atomic E-state index is -1.93. The first kappa shape index (κ1) is 16.6. The molecule has 0 spiro atoms. The van der Waals surface area contributed by atoms with Crippen LogP contribution >= 0.6 is 0 Å². The van der Waals surface area contributed by atoms with Crippen molar-refractivity contribution in [3.63, 3.8) is 0 Å². The van der Waals surface area contributed by atoms with Gasteiger partial charge in [0.05, 0.1) is 12.6 Å². The highest BCUT2D eigenvalue weighted by atomic mass is 28.4. The van der Waals surface area contributed by atoms with E-state index in [9.17, 15) is 14.4 Å². The first-order chi connectivity index (χ1) is 10.5. The average Bonchev–Trinajstić information content (AvgIpc) is 2.98. The van der Waals surface area contributed by atoms with Crippen LogP contribution in [0.15, 0.2) is 0 Å². The van der Waals surface area contributed by atoms with Gasteiger partial charge in [-0.15, -0.1) is 0 Å². The Morgan fingerprint density at radius 1 is 1.04 bits per heavy atom. The third kappa shape index (κ3) is 2.63. The van der Waals surface area contributed by atoms with Crippen molar-refractivity contribution in [3.8, 4) is 0 Å². The summed E-state index contributed by atoms with van der Waals surface area (Å²) in [6.07, 6.45) is 0.639. The molecule has 0 N–H and O–H groups in total. The topological polar surface area (TPSA) is 66.9 Å². The number of hydrogen-bond donors (Lipinski definition) is 0. The Morgan fingerprint density at radius 3 is 2.26 bits per heavy atom. The van der Waals surface area contributed by atoms with E-state index in [4.69, 9.17) is 4.43 Å². The average molecular weight is 338 g/mol. The third-order valence-electron chi connectivity index (χ3n) is 5.81. The second-order valence-corrected chi connectivity index (χ2v) is 13.2. The number of carbonyl (C=O) groups is 3. The fourth-order valence-corrected chi connectivity index (χ4v) is 4.84. The van der Waals surface area contributed by atoms with Crippen molar-refractivity contribution in [1.82, 2.24) is 9.80 Å². The Labute approximate surface area is 138 Å². The monoisotopic (exact) mass is 338 g/mol. The molecule has 7 heteroatoms. The summed E-state index contributed by atoms with van der Waals surface area (Å²) in [4.78, 5) is 40.0. The van der Waals surface area contributed by atoms with Crippen molar-refractivity contribution in [2.24, 2.45) is 0 Å². The lowest BCUT2D eigenvalue weighted by Gasteiger charge is -2.38. The molecule has 0 bridgehead atoms. The SMILES string of the molecule is CC(C)(C)[Si](C)(C)O[C@H]1C[C@H]2C(=O)N3CC(=O)C[C@H]3C(=O)N2C1. The predicted molar refractivity (Wildman–Crippen MR) is 87.3 cm³/mol. The second-order valence-electron chi connectivity index (χ2n) is 8.47. The molecule has 0 radical (unpaired) electrons. The molecule has 3 heterocycles. The Morgan fingerprint density at radius 2 is 1.65 bits per heavy atom. The number of piperazine rings is 1. The van der Waals surface area contributed by atoms with Gasteiger partial charge in [-0.05, 0) is 18.1 Å². The van der Waals surface area contributed by atoms with Gasteiger partial charge in [-0.1, -0.05) is 20.8 Å². The van der Waals surface area contributed by atoms with Crippen LogP contribution in [-0.4, -0.2) is 67.0 Å². The molecular weight excluding hydrogens is 312 g/mol. The standard InChI is InChI=1S/C16H26N2O4Si/c1-16(2,3)23(4,5)22-11-7-13-15(21)17-8-10(19)6-12(17)14(20)18(13)9-11/h11-13H,6-9H2,1-5H3/t11-,12-,13-/m0/s1. The zero-order valence-electron chi connectivity index (χ0n) is 14.6. The van der Waals surface area contributed by atoms with Crippen LogP contribution in [-0.2, 0) is 18.8 Å². The summed E-state index contributed by atoms with van der Waals surface area (Å²) in [5, 5.41) is 0.0938. The molecule has 6 nitrogen and oxygen atoms in total. The van der Waals surface area contributed by atoms with Crippen LogP contribution in [0, 0.1) is 0 Å². The van der Waals surface area contributed by atoms with Crippen molar-refractivity contribution in [2.75, 3.05) is 13.1 Å². The molecule has 3 aliphatic heterocycles. The lowest BCUT2D eigenvalue weighted by Crippen LogP contribution is -2.60. The fourth-order valence-electron chi connectivity index (χ4n) is 3.48. The Kier molecular flexibility index (Phi) is 3.72. The first-order valence-corrected chi connectivity index (χ1v) is 11.2. The van der Waals surface area contributed by atoms with E-state index in [0.29, 0.717) is 13.0 Å². The molecular formula is C16H26N2O4Si. The highest BCUT2D eigenvalue weighted by molar-refractivity contribution is 6.74. The zero-order valence-corrected chi connectivity index (χ0v) is 15.6. The zero-order chi connectivity index (χ0) is 17.2. The highest BCUT2D eigenvalue weighted by Crippen LogP contribution is 2.40. The molecule has 3 rings (SSSR count). The fraction of sp³-hybridized carbons (Fsp3) is 0.812. The highest BCUT2D eigenvalue weighted by Gasteiger charge is 2.54. The van der Waals surface area contributed by atoms with Gasteiger partial charge >= 0.3 is 0 Å². The summed E-state index contributed by atoms with van der Waals surface area (Å²) >= 11 is 0. The number of amides is 2. The van der Waals surface area contributed by atoms with Gasteiger partial charge in [-0.2, -0.15) is 0 Å². The van der Waals surface area contributed by atoms with Crippen molar-refractivity contribution in [3.05, 3.63) is 0 Å². The Balaban J connectivity index is 1.76. The van der Waals surface area contributed by atoms with Crippen LogP contribution < -0.4 is 0 Å². The van der Waals surface area contributed by atoms with Gasteiger partial charge in [0.1, 0.15) is 12.1 Å². The molecule has 3 aliphatic rings. The molecule has 23 heavy (non-hydrogen) atoms. The normalized spacial score (nSPS) is 31.7. The molecule has 0 aliphatic carbocycles. The quantitative estimate of drug-likeness (QED) is 0.709. The van der Waals surface area contributed by atoms with E-state index < -0.39 is 20.4 Å². The molecule has 0 unspecified atom stereocenters. The lowest BCUT2D eigenvalue weighted by atomic mass is 10.1. The summed E-state index contributed by atoms with van der Waals surface area (Å²) in [5.41, 5.74) is 0. The molecule has 0 saturated carbocycles. The van der Waals surface area contributed by atoms with E-state index in [0.717, 1.165) is 0 Å². The minimum Gasteiger partial charge on any atom is -0.412 e. The molecule has 3 saturated heterocycles. The number of carbonyl (C=O) groups excluding carboxylic acids is 3. The summed E-state index contributed by atoms with van der Waals surface area (Å²) in [5.74, 6) is -0.185. The van der Waals surface area contributed by atoms with E-state index in [1.807, 2.05) is 0 Å². The van der Waals surface area contributed by atoms with Crippen molar-refractivity contribution >= 4 is 25.9 Å². The van der Waals surface area contributed by atoms with Crippen LogP contribution in [0.1, 0.15) is 33.6 Å². The van der Waals surface area contributed by atoms with Crippen LogP contribution in [0.25, 0.3) is 0 Å². The number of ketones is 1. The van der Waals surface area contributed by atoms with E-state index in [-0.39, 0.29) is 41.7 Å². The molecule has 0 aromatic rings. The van der Waals surface area contributed by atoms with Gasteiger partial charge in [0.2, 0.25) is 11.8 Å². The summed E-state index contributed by atoms with van der Waals surface area (Å²) < 4.78 is 6.40. The maximum atomic E-state index is 12.6. The van der Waals surface area contributed by atoms with E-state index >= 15 is 0 Å². The Hall–Kier alpha value is -1.21. The predicted octanol–water partition coefficient (Wildman–Crippen LogP) is 1.16. The summed E-state index contributed by atoms with van der Waals surface area (Å²) in [7, 11) is -1.93. The largest absolute Gasteiger partial charge is 0.412 e. The number of rotatable bonds is 2. The van der Waals surface area contributed by atoms with Gasteiger partial charge in [0.25, 0.3) is 0 Å². The number of nitrogens with zero attached hydrogens (tertiary/aromatic N) is 2. The third-order valence-corrected chi connectivity index (χ3v) is 10.3. The molecule has 2 amide bonds. The molecule has 0 aromatic carbocycles. The van der Waals surface area contributed by atoms with Crippen molar-refractivity contribution < 1.29 is 18.8 Å². The molecule has 0 aromatic heterocycles. The number of fused-ring (bicyclic) bond motifs is 2. The minimum absolute atomic E-state index is 0.0213. The molecule has 3 atom stereocenters. The van der Waals surface area contributed by atoms with Gasteiger partial charge < -0.3 is 14.2 Å². The van der Waals surface area contributed by atoms with Crippen LogP contribution in [0.2, 0.25) is 18.1 Å². The van der Waals surface area contributed by atoms with Gasteiger partial charge in [0.15, 0.2) is 14.1 Å². The van der Waals surface area contributed by atoms with Crippen LogP contribution in [0.3, 0.4) is 0 Å². The summed E-state index contributed by atoms with van der Waals surface area (Å²) in [6.45, 7) is 11.5. The summed E-state index contributed by atoms with van der Waals surface area (Å²) in [6, 6.07) is -1.02. The van der Waals surface area contributed by atoms with Crippen LogP contribution in [0.5, 0.6) is 0 Å². The maximum absolute atomic E-state index is 12.6. The molecule has 128 valence electrons. The maximum Gasteiger partial charge on any atom is 0.246 e. The first-order valence-electron chi connectivity index (χ1n) is 8.32. The second kappa shape index (κ2) is 5.14. The van der Waals surface area contributed by atoms with Crippen molar-refractivity contribution in [2.45, 2.75) is 69.9 Å². The van der Waals surface area contributed by atoms with Gasteiger partial charge in [-0.3, -0.25) is 14.4 Å². The molecule has 3 fully saturated rings. The van der Waals surface area contributed by atoms with E-state index in [1.165, 1.54) is 4.90 Å². The van der Waals surface area contributed by atoms with Crippen molar-refractivity contribution in [1.29, 1.82) is 0 Å². The van der Waals surface area contributed by atoms with E-state index in [1.54, 1.807) is 4.90 Å². The van der Waals surface area contributed by atoms with Crippen LogP contribution in [0.4, 0.5) is 0 Å². The van der Waals surface area contributed by atoms with Gasteiger partial charge in [-0.25, -0.2) is 0 Å². The lowest BCUT2D eigenvalue weighted by molar-refractivity contribution is -0.157. The number of hydrogen-bond acceptors (Lipinski definition) is 4. The van der Waals surface area contributed by atoms with Gasteiger partial charge in [0, 0.05) is 19.4 Å². The van der Waals surface area contributed by atoms with E-state index in [2.05, 4.69) is 33.9 Å². The smallest absolute Gasteiger partial charge is 0.246 e.